The summed E-state index contributed by atoms with van der Waals surface area (Å²) in [7, 11) is 0. The van der Waals surface area contributed by atoms with Crippen LogP contribution in [0.15, 0.2) is 12.7 Å². The number of alkyl carbamates (subject to hydrolysis) is 1. The number of nitrogens with one attached hydrogen (secondary N) is 1. The van der Waals surface area contributed by atoms with Crippen LogP contribution in [0.1, 0.15) is 20.8 Å². The van der Waals surface area contributed by atoms with E-state index in [4.69, 9.17) is 10.5 Å². The Hall–Kier alpha value is -1.36. The third-order valence-electron chi connectivity index (χ3n) is 1.47. The molecular weight excluding hydrogens is 196 g/mol. The first-order chi connectivity index (χ1) is 6.80. The molecular formula is C10H18N2O3. The molecule has 0 aliphatic heterocycles. The molecule has 0 spiro atoms. The molecule has 0 aromatic carbocycles. The normalized spacial score (nSPS) is 12.8. The van der Waals surface area contributed by atoms with E-state index >= 15 is 0 Å². The highest BCUT2D eigenvalue weighted by Gasteiger charge is 2.21. The molecule has 0 aromatic heterocycles. The van der Waals surface area contributed by atoms with Crippen molar-refractivity contribution in [1.82, 2.24) is 5.32 Å². The van der Waals surface area contributed by atoms with E-state index in [1.165, 1.54) is 0 Å². The Balaban J connectivity index is 4.25. The second-order valence-electron chi connectivity index (χ2n) is 4.04. The minimum Gasteiger partial charge on any atom is -0.444 e. The van der Waals surface area contributed by atoms with E-state index in [1.54, 1.807) is 20.8 Å². The van der Waals surface area contributed by atoms with Gasteiger partial charge in [0.15, 0.2) is 5.78 Å². The highest BCUT2D eigenvalue weighted by atomic mass is 16.6. The average molecular weight is 214 g/mol. The van der Waals surface area contributed by atoms with Gasteiger partial charge in [0.05, 0.1) is 0 Å². The van der Waals surface area contributed by atoms with Crippen LogP contribution in [0.4, 0.5) is 4.79 Å². The summed E-state index contributed by atoms with van der Waals surface area (Å²) in [6, 6.07) is -0.766. The van der Waals surface area contributed by atoms with E-state index in [9.17, 15) is 9.59 Å². The fraction of sp³-hybridized carbons (Fsp3) is 0.600. The molecule has 0 heterocycles. The summed E-state index contributed by atoms with van der Waals surface area (Å²) in [5.74, 6) is -0.330. The molecule has 1 amide bonds. The maximum absolute atomic E-state index is 11.3. The standard InChI is InChI=1S/C10H18N2O3/c1-5-8(13)7(6-11)12-9(14)15-10(2,3)4/h5,7H,1,6,11H2,2-4H3,(H,12,14). The smallest absolute Gasteiger partial charge is 0.408 e. The lowest BCUT2D eigenvalue weighted by Crippen LogP contribution is -2.46. The predicted octanol–water partition coefficient (Wildman–Crippen LogP) is 0.593. The van der Waals surface area contributed by atoms with Crippen molar-refractivity contribution in [2.45, 2.75) is 32.4 Å². The molecule has 1 atom stereocenters. The van der Waals surface area contributed by atoms with E-state index < -0.39 is 17.7 Å². The Bertz CT molecular complexity index is 256. The van der Waals surface area contributed by atoms with Crippen molar-refractivity contribution in [2.75, 3.05) is 6.54 Å². The Morgan fingerprint density at radius 1 is 1.53 bits per heavy atom. The average Bonchev–Trinajstić information content (AvgIpc) is 2.10. The first kappa shape index (κ1) is 13.6. The monoisotopic (exact) mass is 214 g/mol. The van der Waals surface area contributed by atoms with Gasteiger partial charge < -0.3 is 15.8 Å². The molecule has 0 bridgehead atoms. The number of hydrogen-bond donors (Lipinski definition) is 2. The van der Waals surface area contributed by atoms with Crippen LogP contribution >= 0.6 is 0 Å². The maximum atomic E-state index is 11.3. The summed E-state index contributed by atoms with van der Waals surface area (Å²) in [4.78, 5) is 22.4. The van der Waals surface area contributed by atoms with Crippen molar-refractivity contribution in [3.05, 3.63) is 12.7 Å². The Kier molecular flexibility index (Phi) is 5.00. The van der Waals surface area contributed by atoms with Gasteiger partial charge in [-0.15, -0.1) is 0 Å². The Morgan fingerprint density at radius 3 is 2.40 bits per heavy atom. The molecule has 5 nitrogen and oxygen atoms in total. The summed E-state index contributed by atoms with van der Waals surface area (Å²) in [5.41, 5.74) is 4.73. The first-order valence-corrected chi connectivity index (χ1v) is 4.66. The highest BCUT2D eigenvalue weighted by molar-refractivity contribution is 5.95. The number of hydrogen-bond acceptors (Lipinski definition) is 4. The van der Waals surface area contributed by atoms with Gasteiger partial charge >= 0.3 is 6.09 Å². The molecule has 1 unspecified atom stereocenters. The van der Waals surface area contributed by atoms with Crippen LogP contribution in [-0.4, -0.2) is 30.1 Å². The van der Waals surface area contributed by atoms with Gasteiger partial charge in [0.25, 0.3) is 0 Å². The molecule has 0 aliphatic carbocycles. The molecule has 0 fully saturated rings. The molecule has 0 saturated carbocycles. The summed E-state index contributed by atoms with van der Waals surface area (Å²) in [5, 5.41) is 2.37. The molecule has 15 heavy (non-hydrogen) atoms. The number of amides is 1. The second kappa shape index (κ2) is 5.50. The zero-order chi connectivity index (χ0) is 12.1. The number of carbonyl (C=O) groups excluding carboxylic acids is 2. The first-order valence-electron chi connectivity index (χ1n) is 4.66. The highest BCUT2D eigenvalue weighted by Crippen LogP contribution is 2.06. The van der Waals surface area contributed by atoms with Gasteiger partial charge in [0, 0.05) is 6.54 Å². The van der Waals surface area contributed by atoms with Crippen LogP contribution in [0.3, 0.4) is 0 Å². The molecule has 0 saturated heterocycles. The minimum atomic E-state index is -0.766. The van der Waals surface area contributed by atoms with Crippen molar-refractivity contribution in [3.8, 4) is 0 Å². The lowest BCUT2D eigenvalue weighted by molar-refractivity contribution is -0.116. The van der Waals surface area contributed by atoms with Gasteiger partial charge in [-0.05, 0) is 26.8 Å². The fourth-order valence-corrected chi connectivity index (χ4v) is 0.838. The van der Waals surface area contributed by atoms with Gasteiger partial charge in [0.2, 0.25) is 0 Å². The van der Waals surface area contributed by atoms with Crippen LogP contribution in [0, 0.1) is 0 Å². The van der Waals surface area contributed by atoms with Crippen LogP contribution in [0.2, 0.25) is 0 Å². The molecule has 0 aliphatic rings. The molecule has 86 valence electrons. The molecule has 5 heteroatoms. The van der Waals surface area contributed by atoms with E-state index in [0.717, 1.165) is 6.08 Å². The topological polar surface area (TPSA) is 81.4 Å². The maximum Gasteiger partial charge on any atom is 0.408 e. The van der Waals surface area contributed by atoms with Gasteiger partial charge in [0.1, 0.15) is 11.6 Å². The third-order valence-corrected chi connectivity index (χ3v) is 1.47. The molecule has 3 N–H and O–H groups in total. The zero-order valence-corrected chi connectivity index (χ0v) is 9.37. The lowest BCUT2D eigenvalue weighted by atomic mass is 10.2. The van der Waals surface area contributed by atoms with E-state index in [-0.39, 0.29) is 12.3 Å². The van der Waals surface area contributed by atoms with Crippen LogP contribution in [0.5, 0.6) is 0 Å². The molecule has 0 aromatic rings. The Labute approximate surface area is 89.7 Å². The Morgan fingerprint density at radius 2 is 2.07 bits per heavy atom. The van der Waals surface area contributed by atoms with E-state index in [0.29, 0.717) is 0 Å². The summed E-state index contributed by atoms with van der Waals surface area (Å²) < 4.78 is 4.97. The van der Waals surface area contributed by atoms with E-state index in [2.05, 4.69) is 11.9 Å². The molecule has 0 rings (SSSR count). The number of nitrogens with two attached hydrogens (primary N) is 1. The van der Waals surface area contributed by atoms with Crippen molar-refractivity contribution in [2.24, 2.45) is 5.73 Å². The van der Waals surface area contributed by atoms with Crippen molar-refractivity contribution < 1.29 is 14.3 Å². The van der Waals surface area contributed by atoms with Gasteiger partial charge in [-0.25, -0.2) is 4.79 Å². The van der Waals surface area contributed by atoms with Crippen molar-refractivity contribution >= 4 is 11.9 Å². The van der Waals surface area contributed by atoms with E-state index in [1.807, 2.05) is 0 Å². The van der Waals surface area contributed by atoms with Gasteiger partial charge in [-0.1, -0.05) is 6.58 Å². The second-order valence-corrected chi connectivity index (χ2v) is 4.04. The number of ketones is 1. The zero-order valence-electron chi connectivity index (χ0n) is 9.37. The number of rotatable bonds is 4. The third kappa shape index (κ3) is 5.85. The predicted molar refractivity (Wildman–Crippen MR) is 57.4 cm³/mol. The number of carbonyl (C=O) groups is 2. The fourth-order valence-electron chi connectivity index (χ4n) is 0.838. The quantitative estimate of drug-likeness (QED) is 0.671. The van der Waals surface area contributed by atoms with Crippen LogP contribution in [-0.2, 0) is 9.53 Å². The number of ether oxygens (including phenoxy) is 1. The van der Waals surface area contributed by atoms with Crippen LogP contribution < -0.4 is 11.1 Å². The lowest BCUT2D eigenvalue weighted by Gasteiger charge is -2.21. The largest absolute Gasteiger partial charge is 0.444 e. The van der Waals surface area contributed by atoms with Crippen LogP contribution in [0.25, 0.3) is 0 Å². The summed E-state index contributed by atoms with van der Waals surface area (Å²) >= 11 is 0. The summed E-state index contributed by atoms with van der Waals surface area (Å²) in [6.07, 6.45) is 0.461. The summed E-state index contributed by atoms with van der Waals surface area (Å²) in [6.45, 7) is 8.54. The SMILES string of the molecule is C=CC(=O)C(CN)NC(=O)OC(C)(C)C. The van der Waals surface area contributed by atoms with Gasteiger partial charge in [-0.2, -0.15) is 0 Å². The van der Waals surface area contributed by atoms with Gasteiger partial charge in [-0.3, -0.25) is 4.79 Å². The van der Waals surface area contributed by atoms with Crippen molar-refractivity contribution in [1.29, 1.82) is 0 Å². The van der Waals surface area contributed by atoms with Crippen molar-refractivity contribution in [3.63, 3.8) is 0 Å². The molecule has 0 radical (unpaired) electrons. The minimum absolute atomic E-state index is 0.0180.